The van der Waals surface area contributed by atoms with Crippen LogP contribution in [0.1, 0.15) is 11.3 Å². The summed E-state index contributed by atoms with van der Waals surface area (Å²) in [6, 6.07) is 14.1. The summed E-state index contributed by atoms with van der Waals surface area (Å²) >= 11 is 0. The maximum Gasteiger partial charge on any atom is 0.161 e. The normalized spacial score (nSPS) is 12.9. The molecule has 0 saturated heterocycles. The summed E-state index contributed by atoms with van der Waals surface area (Å²) in [6.45, 7) is 0.673. The molecule has 6 heteroatoms. The van der Waals surface area contributed by atoms with Gasteiger partial charge in [-0.05, 0) is 41.8 Å². The minimum atomic E-state index is 0.673. The minimum Gasteiger partial charge on any atom is -0.339 e. The average molecular weight is 326 g/mol. The van der Waals surface area contributed by atoms with Crippen LogP contribution in [0.5, 0.6) is 0 Å². The lowest BCUT2D eigenvalue weighted by molar-refractivity contribution is 0.856. The van der Waals surface area contributed by atoms with E-state index in [1.807, 2.05) is 30.5 Å². The van der Waals surface area contributed by atoms with Crippen molar-refractivity contribution in [3.05, 3.63) is 78.5 Å². The van der Waals surface area contributed by atoms with Gasteiger partial charge in [-0.2, -0.15) is 5.10 Å². The van der Waals surface area contributed by atoms with Gasteiger partial charge in [0.05, 0.1) is 6.54 Å². The van der Waals surface area contributed by atoms with Crippen LogP contribution in [0, 0.1) is 0 Å². The van der Waals surface area contributed by atoms with Gasteiger partial charge in [0, 0.05) is 41.4 Å². The molecule has 1 aliphatic rings. The Labute approximate surface area is 143 Å². The molecule has 25 heavy (non-hydrogen) atoms. The van der Waals surface area contributed by atoms with Crippen molar-refractivity contribution in [1.82, 2.24) is 19.7 Å². The van der Waals surface area contributed by atoms with E-state index in [0.717, 1.165) is 39.4 Å². The second kappa shape index (κ2) is 5.52. The lowest BCUT2D eigenvalue weighted by Crippen LogP contribution is -2.13. The van der Waals surface area contributed by atoms with Crippen LogP contribution in [0.25, 0.3) is 16.6 Å². The van der Waals surface area contributed by atoms with E-state index >= 15 is 0 Å². The van der Waals surface area contributed by atoms with Crippen LogP contribution in [0.2, 0.25) is 0 Å². The molecule has 6 nitrogen and oxygen atoms in total. The Morgan fingerprint density at radius 3 is 2.88 bits per heavy atom. The van der Waals surface area contributed by atoms with Crippen molar-refractivity contribution < 1.29 is 0 Å². The van der Waals surface area contributed by atoms with Gasteiger partial charge in [-0.1, -0.05) is 6.07 Å². The third-order valence-electron chi connectivity index (χ3n) is 4.25. The first-order valence-electron chi connectivity index (χ1n) is 8.03. The van der Waals surface area contributed by atoms with Crippen LogP contribution in [0.3, 0.4) is 0 Å². The van der Waals surface area contributed by atoms with Gasteiger partial charge in [0.25, 0.3) is 0 Å². The fourth-order valence-corrected chi connectivity index (χ4v) is 3.07. The van der Waals surface area contributed by atoms with E-state index in [-0.39, 0.29) is 0 Å². The third-order valence-corrected chi connectivity index (χ3v) is 4.25. The number of fused-ring (bicyclic) bond motifs is 2. The summed E-state index contributed by atoms with van der Waals surface area (Å²) in [5.74, 6) is 1.63. The molecule has 3 aromatic heterocycles. The number of hydrogen-bond donors (Lipinski definition) is 1. The van der Waals surface area contributed by atoms with Gasteiger partial charge in [0.1, 0.15) is 5.69 Å². The van der Waals surface area contributed by atoms with Crippen molar-refractivity contribution in [2.45, 2.75) is 6.54 Å². The molecule has 0 fully saturated rings. The fraction of sp³-hybridized carbons (Fsp3) is 0.0526. The van der Waals surface area contributed by atoms with E-state index in [4.69, 9.17) is 0 Å². The lowest BCUT2D eigenvalue weighted by Gasteiger charge is -2.10. The number of aromatic nitrogens is 4. The summed E-state index contributed by atoms with van der Waals surface area (Å²) in [5.41, 5.74) is 3.05. The molecule has 0 aliphatic carbocycles. The number of anilines is 1. The van der Waals surface area contributed by atoms with E-state index in [9.17, 15) is 0 Å². The quantitative estimate of drug-likeness (QED) is 0.614. The van der Waals surface area contributed by atoms with Crippen LogP contribution in [0.4, 0.5) is 5.69 Å². The van der Waals surface area contributed by atoms with E-state index < -0.39 is 0 Å². The van der Waals surface area contributed by atoms with E-state index in [2.05, 4.69) is 43.6 Å². The molecular formula is C19H14N6. The Morgan fingerprint density at radius 2 is 1.96 bits per heavy atom. The number of nitrogens with one attached hydrogen (secondary N) is 1. The van der Waals surface area contributed by atoms with E-state index in [0.29, 0.717) is 6.54 Å². The minimum absolute atomic E-state index is 0.673. The molecule has 1 N–H and O–H groups in total. The SMILES string of the molecule is c1cnc2c(c1)CN=C2Nc1ccc2c(-n3cccn3)nccc2c1. The molecule has 5 rings (SSSR count). The highest BCUT2D eigenvalue weighted by Crippen LogP contribution is 2.25. The van der Waals surface area contributed by atoms with Gasteiger partial charge in [0.15, 0.2) is 11.7 Å². The largest absolute Gasteiger partial charge is 0.339 e. The Hall–Kier alpha value is -3.54. The average Bonchev–Trinajstić information content (AvgIpc) is 3.32. The predicted molar refractivity (Wildman–Crippen MR) is 97.0 cm³/mol. The standard InChI is InChI=1S/C19H14N6/c1-3-14-12-22-18(17(14)20-7-1)24-15-4-5-16-13(11-15)6-9-21-19(16)25-10-2-8-23-25/h1-11H,12H2,(H,22,24). The Kier molecular flexibility index (Phi) is 3.06. The highest BCUT2D eigenvalue weighted by atomic mass is 15.3. The van der Waals surface area contributed by atoms with Crippen molar-refractivity contribution in [2.24, 2.45) is 4.99 Å². The number of benzene rings is 1. The van der Waals surface area contributed by atoms with Gasteiger partial charge in [-0.3, -0.25) is 9.98 Å². The number of nitrogens with zero attached hydrogens (tertiary/aromatic N) is 5. The van der Waals surface area contributed by atoms with Crippen molar-refractivity contribution >= 4 is 22.3 Å². The number of pyridine rings is 2. The van der Waals surface area contributed by atoms with Gasteiger partial charge >= 0.3 is 0 Å². The van der Waals surface area contributed by atoms with Crippen LogP contribution in [-0.2, 0) is 6.54 Å². The molecule has 1 aliphatic heterocycles. The van der Waals surface area contributed by atoms with Crippen LogP contribution in [-0.4, -0.2) is 25.6 Å². The summed E-state index contributed by atoms with van der Waals surface area (Å²) < 4.78 is 1.77. The highest BCUT2D eigenvalue weighted by molar-refractivity contribution is 6.10. The molecular weight excluding hydrogens is 312 g/mol. The second-order valence-electron chi connectivity index (χ2n) is 5.82. The molecule has 1 aromatic carbocycles. The Bertz CT molecular complexity index is 1100. The smallest absolute Gasteiger partial charge is 0.161 e. The molecule has 0 atom stereocenters. The van der Waals surface area contributed by atoms with Crippen molar-refractivity contribution in [1.29, 1.82) is 0 Å². The molecule has 0 amide bonds. The highest BCUT2D eigenvalue weighted by Gasteiger charge is 2.17. The van der Waals surface area contributed by atoms with E-state index in [1.165, 1.54) is 0 Å². The number of aliphatic imine (C=N–C) groups is 1. The predicted octanol–water partition coefficient (Wildman–Crippen LogP) is 3.19. The third kappa shape index (κ3) is 2.35. The first-order valence-corrected chi connectivity index (χ1v) is 8.03. The van der Waals surface area contributed by atoms with Crippen LogP contribution in [0.15, 0.2) is 72.2 Å². The Morgan fingerprint density at radius 1 is 0.960 bits per heavy atom. The number of amidine groups is 1. The Balaban J connectivity index is 1.52. The molecule has 4 aromatic rings. The van der Waals surface area contributed by atoms with Gasteiger partial charge < -0.3 is 5.32 Å². The number of hydrogen-bond acceptors (Lipinski definition) is 5. The van der Waals surface area contributed by atoms with Crippen LogP contribution >= 0.6 is 0 Å². The van der Waals surface area contributed by atoms with Crippen molar-refractivity contribution in [3.8, 4) is 5.82 Å². The summed E-state index contributed by atoms with van der Waals surface area (Å²) in [7, 11) is 0. The zero-order chi connectivity index (χ0) is 16.6. The first-order chi connectivity index (χ1) is 12.4. The molecule has 0 radical (unpaired) electrons. The topological polar surface area (TPSA) is 68.0 Å². The van der Waals surface area contributed by atoms with Gasteiger partial charge in [0.2, 0.25) is 0 Å². The molecule has 0 bridgehead atoms. The maximum atomic E-state index is 4.55. The lowest BCUT2D eigenvalue weighted by atomic mass is 10.1. The summed E-state index contributed by atoms with van der Waals surface area (Å²) in [4.78, 5) is 13.4. The molecule has 4 heterocycles. The monoisotopic (exact) mass is 326 g/mol. The van der Waals surface area contributed by atoms with Crippen molar-refractivity contribution in [2.75, 3.05) is 5.32 Å². The number of rotatable bonds is 2. The zero-order valence-electron chi connectivity index (χ0n) is 13.3. The first kappa shape index (κ1) is 13.9. The summed E-state index contributed by atoms with van der Waals surface area (Å²) in [5, 5.41) is 9.80. The molecule has 0 unspecified atom stereocenters. The zero-order valence-corrected chi connectivity index (χ0v) is 13.3. The summed E-state index contributed by atoms with van der Waals surface area (Å²) in [6.07, 6.45) is 7.24. The van der Waals surface area contributed by atoms with Crippen molar-refractivity contribution in [3.63, 3.8) is 0 Å². The maximum absolute atomic E-state index is 4.55. The van der Waals surface area contributed by atoms with Crippen LogP contribution < -0.4 is 5.32 Å². The van der Waals surface area contributed by atoms with E-state index in [1.54, 1.807) is 23.3 Å². The van der Waals surface area contributed by atoms with Gasteiger partial charge in [-0.15, -0.1) is 0 Å². The second-order valence-corrected chi connectivity index (χ2v) is 5.82. The van der Waals surface area contributed by atoms with Gasteiger partial charge in [-0.25, -0.2) is 9.67 Å². The fourth-order valence-electron chi connectivity index (χ4n) is 3.07. The molecule has 0 spiro atoms. The molecule has 0 saturated carbocycles. The molecule has 120 valence electrons.